The van der Waals surface area contributed by atoms with Crippen molar-refractivity contribution in [2.45, 2.75) is 13.0 Å². The molecule has 0 unspecified atom stereocenters. The lowest BCUT2D eigenvalue weighted by Gasteiger charge is -2.21. The molecule has 1 fully saturated rings. The van der Waals surface area contributed by atoms with Gasteiger partial charge in [0.25, 0.3) is 0 Å². The van der Waals surface area contributed by atoms with E-state index in [1.807, 2.05) is 18.7 Å². The molecule has 1 aromatic heterocycles. The molecule has 0 amide bonds. The van der Waals surface area contributed by atoms with E-state index in [4.69, 9.17) is 0 Å². The van der Waals surface area contributed by atoms with E-state index in [0.29, 0.717) is 0 Å². The monoisotopic (exact) mass is 306 g/mol. The normalized spacial score (nSPS) is 15.6. The number of aryl methyl sites for hydroxylation is 1. The first-order valence-corrected chi connectivity index (χ1v) is 8.31. The Morgan fingerprint density at radius 1 is 0.957 bits per heavy atom. The van der Waals surface area contributed by atoms with Crippen molar-refractivity contribution in [3.63, 3.8) is 0 Å². The summed E-state index contributed by atoms with van der Waals surface area (Å²) < 4.78 is 2.15. The van der Waals surface area contributed by atoms with E-state index < -0.39 is 0 Å². The summed E-state index contributed by atoms with van der Waals surface area (Å²) in [5, 5.41) is 2.68. The summed E-state index contributed by atoms with van der Waals surface area (Å²) in [6, 6.07) is 15.3. The summed E-state index contributed by atoms with van der Waals surface area (Å²) in [5.74, 6) is 0. The number of anilines is 1. The zero-order valence-electron chi connectivity index (χ0n) is 13.3. The van der Waals surface area contributed by atoms with Crippen molar-refractivity contribution in [3.8, 4) is 0 Å². The summed E-state index contributed by atoms with van der Waals surface area (Å²) in [6.07, 6.45) is 6.94. The second-order valence-corrected chi connectivity index (χ2v) is 6.18. The number of benzene rings is 2. The number of nitrogens with zero attached hydrogens (tertiary/aromatic N) is 4. The summed E-state index contributed by atoms with van der Waals surface area (Å²) in [6.45, 7) is 5.47. The number of hydrogen-bond acceptors (Lipinski definition) is 3. The third-order valence-electron chi connectivity index (χ3n) is 4.61. The van der Waals surface area contributed by atoms with Crippen LogP contribution in [0.15, 0.2) is 61.2 Å². The number of imidazole rings is 1. The molecule has 1 aliphatic rings. The highest BCUT2D eigenvalue weighted by Gasteiger charge is 2.20. The van der Waals surface area contributed by atoms with Gasteiger partial charge in [-0.05, 0) is 17.9 Å². The van der Waals surface area contributed by atoms with Crippen LogP contribution in [0.5, 0.6) is 0 Å². The lowest BCUT2D eigenvalue weighted by molar-refractivity contribution is 0.327. The van der Waals surface area contributed by atoms with Crippen molar-refractivity contribution in [1.82, 2.24) is 14.5 Å². The summed E-state index contributed by atoms with van der Waals surface area (Å²) >= 11 is 0. The van der Waals surface area contributed by atoms with Gasteiger partial charge in [-0.25, -0.2) is 4.98 Å². The Hall–Kier alpha value is -2.33. The number of fused-ring (bicyclic) bond motifs is 1. The maximum atomic E-state index is 4.09. The van der Waals surface area contributed by atoms with Crippen molar-refractivity contribution in [3.05, 3.63) is 61.2 Å². The SMILES string of the molecule is c1ccc2c(N3CCN(CCCn4ccnc4)C3)cccc2c1. The molecule has 2 heterocycles. The van der Waals surface area contributed by atoms with Crippen molar-refractivity contribution >= 4 is 16.5 Å². The van der Waals surface area contributed by atoms with Crippen molar-refractivity contribution in [2.75, 3.05) is 31.2 Å². The molecule has 0 N–H and O–H groups in total. The van der Waals surface area contributed by atoms with Gasteiger partial charge in [0.1, 0.15) is 0 Å². The molecule has 23 heavy (non-hydrogen) atoms. The summed E-state index contributed by atoms with van der Waals surface area (Å²) in [5.41, 5.74) is 1.36. The second kappa shape index (κ2) is 6.42. The zero-order valence-corrected chi connectivity index (χ0v) is 13.3. The van der Waals surface area contributed by atoms with E-state index in [2.05, 4.69) is 61.8 Å². The van der Waals surface area contributed by atoms with Gasteiger partial charge >= 0.3 is 0 Å². The molecule has 0 saturated carbocycles. The quantitative estimate of drug-likeness (QED) is 0.723. The highest BCUT2D eigenvalue weighted by molar-refractivity contribution is 5.94. The van der Waals surface area contributed by atoms with Gasteiger partial charge in [-0.3, -0.25) is 4.90 Å². The molecule has 0 aliphatic carbocycles. The average molecular weight is 306 g/mol. The maximum absolute atomic E-state index is 4.09. The van der Waals surface area contributed by atoms with Crippen molar-refractivity contribution in [2.24, 2.45) is 0 Å². The van der Waals surface area contributed by atoms with Crippen LogP contribution in [0.2, 0.25) is 0 Å². The molecule has 1 saturated heterocycles. The van der Waals surface area contributed by atoms with Gasteiger partial charge in [0.05, 0.1) is 13.0 Å². The first-order valence-electron chi connectivity index (χ1n) is 8.31. The van der Waals surface area contributed by atoms with E-state index in [-0.39, 0.29) is 0 Å². The Morgan fingerprint density at radius 3 is 2.78 bits per heavy atom. The van der Waals surface area contributed by atoms with Gasteiger partial charge in [-0.15, -0.1) is 0 Å². The van der Waals surface area contributed by atoms with Crippen LogP contribution in [0.25, 0.3) is 10.8 Å². The van der Waals surface area contributed by atoms with E-state index >= 15 is 0 Å². The molecule has 0 radical (unpaired) electrons. The van der Waals surface area contributed by atoms with E-state index in [1.54, 1.807) is 0 Å². The Bertz CT molecular complexity index is 761. The van der Waals surface area contributed by atoms with Crippen LogP contribution in [0.4, 0.5) is 5.69 Å². The molecule has 1 aliphatic heterocycles. The fourth-order valence-electron chi connectivity index (χ4n) is 3.40. The molecular formula is C19H22N4. The first-order chi connectivity index (χ1) is 11.4. The second-order valence-electron chi connectivity index (χ2n) is 6.18. The van der Waals surface area contributed by atoms with Crippen LogP contribution >= 0.6 is 0 Å². The highest BCUT2D eigenvalue weighted by atomic mass is 15.4. The topological polar surface area (TPSA) is 24.3 Å². The Kier molecular flexibility index (Phi) is 3.99. The molecule has 118 valence electrons. The molecule has 4 heteroatoms. The van der Waals surface area contributed by atoms with Crippen LogP contribution in [0, 0.1) is 0 Å². The molecule has 3 aromatic rings. The van der Waals surface area contributed by atoms with Gasteiger partial charge in [0.2, 0.25) is 0 Å². The molecule has 4 rings (SSSR count). The maximum Gasteiger partial charge on any atom is 0.0945 e. The predicted octanol–water partition coefficient (Wildman–Crippen LogP) is 3.21. The average Bonchev–Trinajstić information content (AvgIpc) is 3.26. The fraction of sp³-hybridized carbons (Fsp3) is 0.316. The van der Waals surface area contributed by atoms with Gasteiger partial charge in [0, 0.05) is 49.6 Å². The van der Waals surface area contributed by atoms with E-state index in [1.165, 1.54) is 22.9 Å². The van der Waals surface area contributed by atoms with Crippen LogP contribution in [0.3, 0.4) is 0 Å². The van der Waals surface area contributed by atoms with Crippen molar-refractivity contribution in [1.29, 1.82) is 0 Å². The first kappa shape index (κ1) is 14.3. The van der Waals surface area contributed by atoms with Gasteiger partial charge < -0.3 is 9.47 Å². The van der Waals surface area contributed by atoms with E-state index in [9.17, 15) is 0 Å². The largest absolute Gasteiger partial charge is 0.357 e. The minimum atomic E-state index is 1.03. The third-order valence-corrected chi connectivity index (χ3v) is 4.61. The minimum Gasteiger partial charge on any atom is -0.357 e. The summed E-state index contributed by atoms with van der Waals surface area (Å²) in [4.78, 5) is 9.13. The van der Waals surface area contributed by atoms with Gasteiger partial charge in [-0.2, -0.15) is 0 Å². The highest BCUT2D eigenvalue weighted by Crippen LogP contribution is 2.28. The lowest BCUT2D eigenvalue weighted by Crippen LogP contribution is -2.26. The minimum absolute atomic E-state index is 1.03. The molecule has 0 bridgehead atoms. The van der Waals surface area contributed by atoms with Crippen LogP contribution in [-0.4, -0.2) is 40.8 Å². The number of hydrogen-bond donors (Lipinski definition) is 0. The third kappa shape index (κ3) is 3.08. The van der Waals surface area contributed by atoms with Crippen LogP contribution in [-0.2, 0) is 6.54 Å². The summed E-state index contributed by atoms with van der Waals surface area (Å²) in [7, 11) is 0. The number of rotatable bonds is 5. The predicted molar refractivity (Wildman–Crippen MR) is 94.6 cm³/mol. The molecule has 0 spiro atoms. The Balaban J connectivity index is 1.39. The molecule has 4 nitrogen and oxygen atoms in total. The van der Waals surface area contributed by atoms with Gasteiger partial charge in [0.15, 0.2) is 0 Å². The fourth-order valence-corrected chi connectivity index (χ4v) is 3.40. The Labute approximate surface area is 137 Å². The molecule has 2 aromatic carbocycles. The molecular weight excluding hydrogens is 284 g/mol. The van der Waals surface area contributed by atoms with Gasteiger partial charge in [-0.1, -0.05) is 36.4 Å². The van der Waals surface area contributed by atoms with Crippen LogP contribution in [0.1, 0.15) is 6.42 Å². The van der Waals surface area contributed by atoms with Crippen molar-refractivity contribution < 1.29 is 0 Å². The Morgan fingerprint density at radius 2 is 1.87 bits per heavy atom. The molecule has 0 atom stereocenters. The standard InChI is InChI=1S/C19H22N4/c1-2-7-18-17(5-1)6-3-8-19(18)23-14-13-22(16-23)11-4-10-21-12-9-20-15-21/h1-3,5-9,12,15H,4,10-11,13-14,16H2. The lowest BCUT2D eigenvalue weighted by atomic mass is 10.1. The van der Waals surface area contributed by atoms with E-state index in [0.717, 1.165) is 32.8 Å². The number of aromatic nitrogens is 2. The smallest absolute Gasteiger partial charge is 0.0945 e. The van der Waals surface area contributed by atoms with Crippen LogP contribution < -0.4 is 4.90 Å². The zero-order chi connectivity index (χ0) is 15.5.